The highest BCUT2D eigenvalue weighted by molar-refractivity contribution is 8.00. The number of para-hydroxylation sites is 1. The molecule has 2 aromatic carbocycles. The summed E-state index contributed by atoms with van der Waals surface area (Å²) in [5.74, 6) is 0.403. The number of nitrogens with zero attached hydrogens (tertiary/aromatic N) is 2. The van der Waals surface area contributed by atoms with Gasteiger partial charge in [0, 0.05) is 31.1 Å². The molecule has 0 radical (unpaired) electrons. The number of piperazine rings is 1. The van der Waals surface area contributed by atoms with Crippen LogP contribution in [0, 0.1) is 26.6 Å². The molecule has 0 spiro atoms. The summed E-state index contributed by atoms with van der Waals surface area (Å²) in [5.41, 5.74) is 4.33. The van der Waals surface area contributed by atoms with Gasteiger partial charge in [0.1, 0.15) is 5.82 Å². The third-order valence-electron chi connectivity index (χ3n) is 4.77. The van der Waals surface area contributed by atoms with Crippen LogP contribution in [0.25, 0.3) is 0 Å². The van der Waals surface area contributed by atoms with Crippen LogP contribution in [0.3, 0.4) is 0 Å². The van der Waals surface area contributed by atoms with E-state index in [9.17, 15) is 9.18 Å². The van der Waals surface area contributed by atoms with Crippen LogP contribution in [-0.4, -0.2) is 42.7 Å². The Kier molecular flexibility index (Phi) is 5.87. The number of rotatable bonds is 4. The molecule has 5 heteroatoms. The van der Waals surface area contributed by atoms with Crippen molar-refractivity contribution in [2.75, 3.05) is 36.8 Å². The van der Waals surface area contributed by atoms with E-state index in [1.54, 1.807) is 23.9 Å². The molecular formula is C21H25FN2OS. The maximum absolute atomic E-state index is 13.9. The number of halogens is 1. The Hall–Kier alpha value is -2.01. The van der Waals surface area contributed by atoms with Crippen LogP contribution in [0.2, 0.25) is 0 Å². The SMILES string of the molecule is Cc1cc(C)c(SCC(=O)N2CCN(c3ccccc3F)CC2)c(C)c1. The molecule has 3 rings (SSSR count). The molecule has 0 aliphatic carbocycles. The number of carbonyl (C=O) groups excluding carboxylic acids is 1. The van der Waals surface area contributed by atoms with Gasteiger partial charge in [-0.1, -0.05) is 29.8 Å². The van der Waals surface area contributed by atoms with Crippen LogP contribution in [0.5, 0.6) is 0 Å². The van der Waals surface area contributed by atoms with Gasteiger partial charge in [0.05, 0.1) is 11.4 Å². The second-order valence-electron chi connectivity index (χ2n) is 6.84. The van der Waals surface area contributed by atoms with Gasteiger partial charge in [-0.3, -0.25) is 4.79 Å². The maximum Gasteiger partial charge on any atom is 0.233 e. The zero-order valence-electron chi connectivity index (χ0n) is 15.6. The van der Waals surface area contributed by atoms with Gasteiger partial charge in [0.25, 0.3) is 0 Å². The van der Waals surface area contributed by atoms with E-state index in [0.29, 0.717) is 37.6 Å². The zero-order valence-corrected chi connectivity index (χ0v) is 16.4. The normalized spacial score (nSPS) is 14.6. The molecule has 138 valence electrons. The second kappa shape index (κ2) is 8.12. The number of carbonyl (C=O) groups is 1. The van der Waals surface area contributed by atoms with Crippen molar-refractivity contribution in [1.82, 2.24) is 4.90 Å². The molecular weight excluding hydrogens is 347 g/mol. The number of benzene rings is 2. The summed E-state index contributed by atoms with van der Waals surface area (Å²) >= 11 is 1.62. The Bertz CT molecular complexity index is 777. The predicted octanol–water partition coefficient (Wildman–Crippen LogP) is 4.19. The number of amides is 1. The van der Waals surface area contributed by atoms with Gasteiger partial charge in [-0.15, -0.1) is 11.8 Å². The van der Waals surface area contributed by atoms with E-state index in [4.69, 9.17) is 0 Å². The lowest BCUT2D eigenvalue weighted by Crippen LogP contribution is -2.49. The molecule has 2 aromatic rings. The Balaban J connectivity index is 1.55. The lowest BCUT2D eigenvalue weighted by Gasteiger charge is -2.36. The molecule has 3 nitrogen and oxygen atoms in total. The molecule has 0 saturated carbocycles. The van der Waals surface area contributed by atoms with Gasteiger partial charge in [0.15, 0.2) is 0 Å². The minimum absolute atomic E-state index is 0.155. The fraction of sp³-hybridized carbons (Fsp3) is 0.381. The Labute approximate surface area is 159 Å². The van der Waals surface area contributed by atoms with Gasteiger partial charge >= 0.3 is 0 Å². The summed E-state index contributed by atoms with van der Waals surface area (Å²) < 4.78 is 13.9. The van der Waals surface area contributed by atoms with Crippen LogP contribution in [0.15, 0.2) is 41.3 Å². The van der Waals surface area contributed by atoms with Crippen molar-refractivity contribution in [2.24, 2.45) is 0 Å². The molecule has 0 N–H and O–H groups in total. The van der Waals surface area contributed by atoms with Gasteiger partial charge in [-0.25, -0.2) is 4.39 Å². The van der Waals surface area contributed by atoms with Crippen molar-refractivity contribution < 1.29 is 9.18 Å². The molecule has 1 amide bonds. The van der Waals surface area contributed by atoms with Crippen molar-refractivity contribution >= 4 is 23.4 Å². The number of anilines is 1. The highest BCUT2D eigenvalue weighted by atomic mass is 32.2. The van der Waals surface area contributed by atoms with E-state index >= 15 is 0 Å². The molecule has 0 unspecified atom stereocenters. The quantitative estimate of drug-likeness (QED) is 0.752. The zero-order chi connectivity index (χ0) is 18.7. The van der Waals surface area contributed by atoms with Gasteiger partial charge in [-0.05, 0) is 44.0 Å². The van der Waals surface area contributed by atoms with E-state index in [1.807, 2.05) is 15.9 Å². The fourth-order valence-electron chi connectivity index (χ4n) is 3.52. The topological polar surface area (TPSA) is 23.6 Å². The molecule has 1 fully saturated rings. The minimum atomic E-state index is -0.201. The summed E-state index contributed by atoms with van der Waals surface area (Å²) in [7, 11) is 0. The third-order valence-corrected chi connectivity index (χ3v) is 6.09. The molecule has 0 aromatic heterocycles. The largest absolute Gasteiger partial charge is 0.366 e. The average Bonchev–Trinajstić information content (AvgIpc) is 2.61. The van der Waals surface area contributed by atoms with Crippen molar-refractivity contribution in [3.8, 4) is 0 Å². The van der Waals surface area contributed by atoms with E-state index < -0.39 is 0 Å². The maximum atomic E-state index is 13.9. The summed E-state index contributed by atoms with van der Waals surface area (Å²) in [6.45, 7) is 8.90. The third kappa shape index (κ3) is 4.21. The molecule has 1 aliphatic heterocycles. The number of aryl methyl sites for hydroxylation is 3. The van der Waals surface area contributed by atoms with Gasteiger partial charge in [0.2, 0.25) is 5.91 Å². The predicted molar refractivity (Wildman–Crippen MR) is 107 cm³/mol. The van der Waals surface area contributed by atoms with Crippen LogP contribution >= 0.6 is 11.8 Å². The second-order valence-corrected chi connectivity index (χ2v) is 7.82. The number of hydrogen-bond donors (Lipinski definition) is 0. The standard InChI is InChI=1S/C21H25FN2OS/c1-15-12-16(2)21(17(3)13-15)26-14-20(25)24-10-8-23(9-11-24)19-7-5-4-6-18(19)22/h4-7,12-13H,8-11,14H2,1-3H3. The van der Waals surface area contributed by atoms with Crippen LogP contribution in [-0.2, 0) is 4.79 Å². The minimum Gasteiger partial charge on any atom is -0.366 e. The van der Waals surface area contributed by atoms with E-state index in [1.165, 1.54) is 27.7 Å². The first-order valence-electron chi connectivity index (χ1n) is 8.93. The lowest BCUT2D eigenvalue weighted by atomic mass is 10.1. The van der Waals surface area contributed by atoms with Crippen molar-refractivity contribution in [3.63, 3.8) is 0 Å². The first-order valence-corrected chi connectivity index (χ1v) is 9.92. The highest BCUT2D eigenvalue weighted by Crippen LogP contribution is 2.28. The molecule has 1 heterocycles. The summed E-state index contributed by atoms with van der Waals surface area (Å²) in [6, 6.07) is 11.1. The summed E-state index contributed by atoms with van der Waals surface area (Å²) in [6.07, 6.45) is 0. The van der Waals surface area contributed by atoms with Crippen molar-refractivity contribution in [2.45, 2.75) is 25.7 Å². The highest BCUT2D eigenvalue weighted by Gasteiger charge is 2.23. The first kappa shape index (κ1) is 18.8. The molecule has 0 atom stereocenters. The smallest absolute Gasteiger partial charge is 0.233 e. The van der Waals surface area contributed by atoms with E-state index in [2.05, 4.69) is 32.9 Å². The summed E-state index contributed by atoms with van der Waals surface area (Å²) in [5, 5.41) is 0. The molecule has 1 aliphatic rings. The van der Waals surface area contributed by atoms with Gasteiger partial charge in [-0.2, -0.15) is 0 Å². The first-order chi connectivity index (χ1) is 12.5. The Morgan fingerprint density at radius 1 is 1.04 bits per heavy atom. The average molecular weight is 373 g/mol. The molecule has 1 saturated heterocycles. The van der Waals surface area contributed by atoms with Crippen molar-refractivity contribution in [1.29, 1.82) is 0 Å². The van der Waals surface area contributed by atoms with Gasteiger partial charge < -0.3 is 9.80 Å². The Morgan fingerprint density at radius 2 is 1.65 bits per heavy atom. The molecule has 0 bridgehead atoms. The monoisotopic (exact) mass is 372 g/mol. The summed E-state index contributed by atoms with van der Waals surface area (Å²) in [4.78, 5) is 17.7. The number of hydrogen-bond acceptors (Lipinski definition) is 3. The van der Waals surface area contributed by atoms with Crippen molar-refractivity contribution in [3.05, 3.63) is 58.9 Å². The molecule has 26 heavy (non-hydrogen) atoms. The Morgan fingerprint density at radius 3 is 2.27 bits per heavy atom. The van der Waals surface area contributed by atoms with E-state index in [0.717, 1.165) is 0 Å². The van der Waals surface area contributed by atoms with Crippen LogP contribution in [0.1, 0.15) is 16.7 Å². The fourth-order valence-corrected chi connectivity index (χ4v) is 4.55. The van der Waals surface area contributed by atoms with Crippen LogP contribution < -0.4 is 4.90 Å². The number of thioether (sulfide) groups is 1. The van der Waals surface area contributed by atoms with Crippen LogP contribution in [0.4, 0.5) is 10.1 Å². The van der Waals surface area contributed by atoms with E-state index in [-0.39, 0.29) is 11.7 Å². The lowest BCUT2D eigenvalue weighted by molar-refractivity contribution is -0.128.